The lowest BCUT2D eigenvalue weighted by Gasteiger charge is -2.37. The molecule has 0 aliphatic carbocycles. The minimum Gasteiger partial charge on any atom is -0.330 e. The van der Waals surface area contributed by atoms with E-state index in [0.29, 0.717) is 12.0 Å². The van der Waals surface area contributed by atoms with E-state index in [9.17, 15) is 4.39 Å². The Kier molecular flexibility index (Phi) is 4.76. The summed E-state index contributed by atoms with van der Waals surface area (Å²) in [5, 5.41) is 0. The average molecular weight is 315 g/mol. The monoisotopic (exact) mass is 314 g/mol. The summed E-state index contributed by atoms with van der Waals surface area (Å²) in [6, 6.07) is 5.65. The van der Waals surface area contributed by atoms with Crippen LogP contribution < -0.4 is 5.73 Å². The van der Waals surface area contributed by atoms with Crippen molar-refractivity contribution in [3.8, 4) is 0 Å². The molecule has 1 aliphatic heterocycles. The molecule has 1 heterocycles. The number of hydrogen-bond donors (Lipinski definition) is 1. The van der Waals surface area contributed by atoms with Crippen molar-refractivity contribution in [2.75, 3.05) is 13.1 Å². The first-order valence-electron chi connectivity index (χ1n) is 6.47. The van der Waals surface area contributed by atoms with Crippen molar-refractivity contribution in [1.29, 1.82) is 0 Å². The van der Waals surface area contributed by atoms with Crippen molar-refractivity contribution >= 4 is 15.9 Å². The Hall–Kier alpha value is -0.450. The third kappa shape index (κ3) is 3.53. The van der Waals surface area contributed by atoms with E-state index in [2.05, 4.69) is 27.8 Å². The SMILES string of the molecule is CC1CCC(CN)CN1Cc1cc(F)cc(Br)c1. The summed E-state index contributed by atoms with van der Waals surface area (Å²) in [7, 11) is 0. The maximum atomic E-state index is 13.4. The molecule has 2 unspecified atom stereocenters. The van der Waals surface area contributed by atoms with Gasteiger partial charge in [-0.05, 0) is 56.0 Å². The van der Waals surface area contributed by atoms with Gasteiger partial charge in [0.15, 0.2) is 0 Å². The van der Waals surface area contributed by atoms with Gasteiger partial charge in [-0.25, -0.2) is 4.39 Å². The molecule has 1 saturated heterocycles. The van der Waals surface area contributed by atoms with Crippen LogP contribution in [0.5, 0.6) is 0 Å². The highest BCUT2D eigenvalue weighted by Gasteiger charge is 2.24. The lowest BCUT2D eigenvalue weighted by Crippen LogP contribution is -2.43. The molecule has 1 aromatic rings. The summed E-state index contributed by atoms with van der Waals surface area (Å²) >= 11 is 3.34. The molecule has 2 atom stereocenters. The van der Waals surface area contributed by atoms with Gasteiger partial charge in [0, 0.05) is 23.6 Å². The minimum atomic E-state index is -0.181. The summed E-state index contributed by atoms with van der Waals surface area (Å²) in [6.07, 6.45) is 2.39. The highest BCUT2D eigenvalue weighted by molar-refractivity contribution is 9.10. The topological polar surface area (TPSA) is 29.3 Å². The zero-order valence-electron chi connectivity index (χ0n) is 10.7. The molecule has 0 saturated carbocycles. The Labute approximate surface area is 116 Å². The van der Waals surface area contributed by atoms with Crippen molar-refractivity contribution in [3.05, 3.63) is 34.1 Å². The van der Waals surface area contributed by atoms with Crippen LogP contribution in [-0.2, 0) is 6.54 Å². The molecule has 2 nitrogen and oxygen atoms in total. The molecule has 0 amide bonds. The van der Waals surface area contributed by atoms with Crippen LogP contribution in [0.25, 0.3) is 0 Å². The summed E-state index contributed by atoms with van der Waals surface area (Å²) in [5.74, 6) is 0.401. The largest absolute Gasteiger partial charge is 0.330 e. The van der Waals surface area contributed by atoms with Crippen LogP contribution in [0.2, 0.25) is 0 Å². The molecule has 0 spiro atoms. The zero-order valence-corrected chi connectivity index (χ0v) is 12.3. The molecule has 2 N–H and O–H groups in total. The number of nitrogens with two attached hydrogens (primary N) is 1. The number of halogens is 2. The Morgan fingerprint density at radius 2 is 2.17 bits per heavy atom. The highest BCUT2D eigenvalue weighted by atomic mass is 79.9. The number of piperidine rings is 1. The molecule has 0 aromatic heterocycles. The molecule has 1 fully saturated rings. The molecule has 0 radical (unpaired) electrons. The van der Waals surface area contributed by atoms with Gasteiger partial charge in [0.25, 0.3) is 0 Å². The molecule has 0 bridgehead atoms. The second-order valence-electron chi connectivity index (χ2n) is 5.24. The van der Waals surface area contributed by atoms with Crippen molar-refractivity contribution in [2.45, 2.75) is 32.4 Å². The Bertz CT molecular complexity index is 391. The highest BCUT2D eigenvalue weighted by Crippen LogP contribution is 2.24. The van der Waals surface area contributed by atoms with E-state index >= 15 is 0 Å². The van der Waals surface area contributed by atoms with Gasteiger partial charge in [0.1, 0.15) is 5.82 Å². The molecule has 2 rings (SSSR count). The molecule has 4 heteroatoms. The lowest BCUT2D eigenvalue weighted by molar-refractivity contribution is 0.113. The standard InChI is InChI=1S/C14H20BrFN2/c1-10-2-3-11(7-17)8-18(10)9-12-4-13(15)6-14(16)5-12/h4-6,10-11H,2-3,7-9,17H2,1H3. The molecule has 1 aromatic carbocycles. The maximum Gasteiger partial charge on any atom is 0.124 e. The van der Waals surface area contributed by atoms with Crippen molar-refractivity contribution in [2.24, 2.45) is 11.7 Å². The van der Waals surface area contributed by atoms with E-state index in [-0.39, 0.29) is 5.82 Å². The average Bonchev–Trinajstić information content (AvgIpc) is 2.30. The third-order valence-corrected chi connectivity index (χ3v) is 4.21. The summed E-state index contributed by atoms with van der Waals surface area (Å²) in [6.45, 7) is 4.80. The second-order valence-corrected chi connectivity index (χ2v) is 6.15. The van der Waals surface area contributed by atoms with Crippen LogP contribution in [0, 0.1) is 11.7 Å². The molecule has 1 aliphatic rings. The molecular weight excluding hydrogens is 295 g/mol. The van der Waals surface area contributed by atoms with Gasteiger partial charge in [-0.15, -0.1) is 0 Å². The minimum absolute atomic E-state index is 0.181. The van der Waals surface area contributed by atoms with E-state index in [0.717, 1.165) is 29.7 Å². The second kappa shape index (κ2) is 6.13. The summed E-state index contributed by atoms with van der Waals surface area (Å²) < 4.78 is 14.2. The Balaban J connectivity index is 2.06. The maximum absolute atomic E-state index is 13.4. The van der Waals surface area contributed by atoms with Gasteiger partial charge >= 0.3 is 0 Å². The quantitative estimate of drug-likeness (QED) is 0.928. The van der Waals surface area contributed by atoms with Gasteiger partial charge < -0.3 is 5.73 Å². The van der Waals surface area contributed by atoms with Crippen molar-refractivity contribution < 1.29 is 4.39 Å². The van der Waals surface area contributed by atoms with Crippen molar-refractivity contribution in [1.82, 2.24) is 4.90 Å². The summed E-state index contributed by atoms with van der Waals surface area (Å²) in [4.78, 5) is 2.40. The van der Waals surface area contributed by atoms with Gasteiger partial charge in [-0.3, -0.25) is 4.90 Å². The van der Waals surface area contributed by atoms with E-state index < -0.39 is 0 Å². The number of nitrogens with zero attached hydrogens (tertiary/aromatic N) is 1. The fourth-order valence-electron chi connectivity index (χ4n) is 2.61. The smallest absolute Gasteiger partial charge is 0.124 e. The van der Waals surface area contributed by atoms with E-state index in [1.807, 2.05) is 6.07 Å². The predicted molar refractivity (Wildman–Crippen MR) is 75.8 cm³/mol. The van der Waals surface area contributed by atoms with E-state index in [1.54, 1.807) is 6.07 Å². The van der Waals surface area contributed by atoms with Crippen LogP contribution in [0.4, 0.5) is 4.39 Å². The van der Waals surface area contributed by atoms with Gasteiger partial charge in [-0.1, -0.05) is 15.9 Å². The van der Waals surface area contributed by atoms with Gasteiger partial charge in [0.2, 0.25) is 0 Å². The molecule has 100 valence electrons. The van der Waals surface area contributed by atoms with Crippen LogP contribution in [-0.4, -0.2) is 24.0 Å². The first-order valence-corrected chi connectivity index (χ1v) is 7.27. The number of likely N-dealkylation sites (tertiary alicyclic amines) is 1. The molecule has 18 heavy (non-hydrogen) atoms. The van der Waals surface area contributed by atoms with Gasteiger partial charge in [0.05, 0.1) is 0 Å². The predicted octanol–water partition coefficient (Wildman–Crippen LogP) is 3.15. The first-order chi connectivity index (χ1) is 8.58. The fourth-order valence-corrected chi connectivity index (χ4v) is 3.12. The lowest BCUT2D eigenvalue weighted by atomic mass is 9.93. The van der Waals surface area contributed by atoms with E-state index in [4.69, 9.17) is 5.73 Å². The van der Waals surface area contributed by atoms with Gasteiger partial charge in [-0.2, -0.15) is 0 Å². The van der Waals surface area contributed by atoms with Crippen LogP contribution >= 0.6 is 15.9 Å². The number of hydrogen-bond acceptors (Lipinski definition) is 2. The fraction of sp³-hybridized carbons (Fsp3) is 0.571. The van der Waals surface area contributed by atoms with Crippen molar-refractivity contribution in [3.63, 3.8) is 0 Å². The first kappa shape index (κ1) is 14.0. The summed E-state index contributed by atoms with van der Waals surface area (Å²) in [5.41, 5.74) is 6.78. The third-order valence-electron chi connectivity index (χ3n) is 3.75. The number of benzene rings is 1. The zero-order chi connectivity index (χ0) is 13.1. The van der Waals surface area contributed by atoms with Crippen LogP contribution in [0.3, 0.4) is 0 Å². The van der Waals surface area contributed by atoms with Crippen LogP contribution in [0.1, 0.15) is 25.3 Å². The number of rotatable bonds is 3. The van der Waals surface area contributed by atoms with Crippen LogP contribution in [0.15, 0.2) is 22.7 Å². The Morgan fingerprint density at radius 1 is 1.39 bits per heavy atom. The Morgan fingerprint density at radius 3 is 2.83 bits per heavy atom. The van der Waals surface area contributed by atoms with E-state index in [1.165, 1.54) is 18.9 Å². The normalized spacial score (nSPS) is 25.3. The molecular formula is C14H20BrFN2.